The van der Waals surface area contributed by atoms with E-state index in [1.165, 1.54) is 10.4 Å². The lowest BCUT2D eigenvalue weighted by Crippen LogP contribution is -2.23. The van der Waals surface area contributed by atoms with Gasteiger partial charge in [0, 0.05) is 4.88 Å². The molecule has 1 heterocycles. The number of halogens is 1. The molecule has 1 unspecified atom stereocenters. The zero-order chi connectivity index (χ0) is 13.8. The first-order chi connectivity index (χ1) is 9.13. The lowest BCUT2D eigenvalue weighted by atomic mass is 9.97. The van der Waals surface area contributed by atoms with Crippen molar-refractivity contribution >= 4 is 11.3 Å². The molecule has 0 saturated heterocycles. The first-order valence-corrected chi connectivity index (χ1v) is 7.55. The molecule has 0 radical (unpaired) electrons. The van der Waals surface area contributed by atoms with Gasteiger partial charge in [0.1, 0.15) is 5.82 Å². The predicted octanol–water partition coefficient (Wildman–Crippen LogP) is 4.59. The van der Waals surface area contributed by atoms with Gasteiger partial charge in [-0.25, -0.2) is 4.39 Å². The van der Waals surface area contributed by atoms with Crippen LogP contribution in [-0.4, -0.2) is 6.54 Å². The van der Waals surface area contributed by atoms with Crippen LogP contribution in [0.15, 0.2) is 29.6 Å². The molecule has 0 aliphatic carbocycles. The molecule has 0 saturated carbocycles. The number of rotatable bonds is 5. The standard InChI is InChI=1S/C16H20FNS/c1-4-8-18-16(14-7-9-19-12(14)3)13-5-6-15(17)11(2)10-13/h5-7,9-10,16,18H,4,8H2,1-3H3. The van der Waals surface area contributed by atoms with E-state index in [0.29, 0.717) is 5.56 Å². The van der Waals surface area contributed by atoms with Gasteiger partial charge in [0.2, 0.25) is 0 Å². The summed E-state index contributed by atoms with van der Waals surface area (Å²) in [6.45, 7) is 7.06. The van der Waals surface area contributed by atoms with E-state index in [9.17, 15) is 4.39 Å². The smallest absolute Gasteiger partial charge is 0.126 e. The SMILES string of the molecule is CCCNC(c1ccc(F)c(C)c1)c1ccsc1C. The van der Waals surface area contributed by atoms with E-state index >= 15 is 0 Å². The van der Waals surface area contributed by atoms with Crippen LogP contribution in [0.3, 0.4) is 0 Å². The summed E-state index contributed by atoms with van der Waals surface area (Å²) in [5.74, 6) is -0.139. The Hall–Kier alpha value is -1.19. The Bertz CT molecular complexity index is 547. The van der Waals surface area contributed by atoms with Crippen LogP contribution in [0.2, 0.25) is 0 Å². The van der Waals surface area contributed by atoms with Crippen molar-refractivity contribution in [2.45, 2.75) is 33.2 Å². The van der Waals surface area contributed by atoms with Gasteiger partial charge in [-0.2, -0.15) is 0 Å². The molecular formula is C16H20FNS. The Morgan fingerprint density at radius 2 is 2.05 bits per heavy atom. The molecule has 2 rings (SSSR count). The van der Waals surface area contributed by atoms with Crippen molar-refractivity contribution in [1.29, 1.82) is 0 Å². The third-order valence-corrected chi connectivity index (χ3v) is 4.19. The summed E-state index contributed by atoms with van der Waals surface area (Å²) in [5.41, 5.74) is 3.13. The molecule has 0 amide bonds. The van der Waals surface area contributed by atoms with Gasteiger partial charge >= 0.3 is 0 Å². The quantitative estimate of drug-likeness (QED) is 0.842. The first kappa shape index (κ1) is 14.2. The van der Waals surface area contributed by atoms with Crippen molar-refractivity contribution in [2.24, 2.45) is 0 Å². The number of nitrogens with one attached hydrogen (secondary N) is 1. The highest BCUT2D eigenvalue weighted by Crippen LogP contribution is 2.29. The summed E-state index contributed by atoms with van der Waals surface area (Å²) in [6.07, 6.45) is 1.08. The molecule has 0 bridgehead atoms. The minimum Gasteiger partial charge on any atom is -0.306 e. The lowest BCUT2D eigenvalue weighted by Gasteiger charge is -2.20. The van der Waals surface area contributed by atoms with E-state index < -0.39 is 0 Å². The van der Waals surface area contributed by atoms with Crippen molar-refractivity contribution in [3.8, 4) is 0 Å². The molecule has 0 aliphatic heterocycles. The fourth-order valence-electron chi connectivity index (χ4n) is 2.24. The van der Waals surface area contributed by atoms with Crippen LogP contribution in [0.1, 0.15) is 41.0 Å². The largest absolute Gasteiger partial charge is 0.306 e. The van der Waals surface area contributed by atoms with Crippen molar-refractivity contribution in [2.75, 3.05) is 6.54 Å². The van der Waals surface area contributed by atoms with Gasteiger partial charge in [0.15, 0.2) is 0 Å². The number of hydrogen-bond acceptors (Lipinski definition) is 2. The maximum Gasteiger partial charge on any atom is 0.126 e. The van der Waals surface area contributed by atoms with Gasteiger partial charge in [0.25, 0.3) is 0 Å². The Balaban J connectivity index is 2.37. The zero-order valence-electron chi connectivity index (χ0n) is 11.7. The van der Waals surface area contributed by atoms with Crippen molar-refractivity contribution in [1.82, 2.24) is 5.32 Å². The van der Waals surface area contributed by atoms with Crippen molar-refractivity contribution in [3.63, 3.8) is 0 Å². The van der Waals surface area contributed by atoms with E-state index in [0.717, 1.165) is 18.5 Å². The van der Waals surface area contributed by atoms with Gasteiger partial charge < -0.3 is 5.32 Å². The van der Waals surface area contributed by atoms with Crippen LogP contribution in [-0.2, 0) is 0 Å². The monoisotopic (exact) mass is 277 g/mol. The zero-order valence-corrected chi connectivity index (χ0v) is 12.5. The highest BCUT2D eigenvalue weighted by Gasteiger charge is 2.17. The third-order valence-electron chi connectivity index (χ3n) is 3.32. The fraction of sp³-hybridized carbons (Fsp3) is 0.375. The van der Waals surface area contributed by atoms with E-state index in [1.54, 1.807) is 17.4 Å². The summed E-state index contributed by atoms with van der Waals surface area (Å²) < 4.78 is 13.4. The van der Waals surface area contributed by atoms with Gasteiger partial charge in [-0.3, -0.25) is 0 Å². The van der Waals surface area contributed by atoms with Crippen LogP contribution >= 0.6 is 11.3 Å². The molecule has 0 aliphatic rings. The number of aryl methyl sites for hydroxylation is 2. The third kappa shape index (κ3) is 3.23. The molecule has 3 heteroatoms. The molecule has 102 valence electrons. The van der Waals surface area contributed by atoms with Gasteiger partial charge in [-0.05, 0) is 61.0 Å². The summed E-state index contributed by atoms with van der Waals surface area (Å²) in [4.78, 5) is 1.32. The summed E-state index contributed by atoms with van der Waals surface area (Å²) in [6, 6.07) is 7.71. The number of hydrogen-bond donors (Lipinski definition) is 1. The van der Waals surface area contributed by atoms with E-state index in [1.807, 2.05) is 19.1 Å². The maximum atomic E-state index is 13.4. The normalized spacial score (nSPS) is 12.6. The molecule has 0 fully saturated rings. The van der Waals surface area contributed by atoms with Crippen LogP contribution in [0, 0.1) is 19.7 Å². The van der Waals surface area contributed by atoms with E-state index in [2.05, 4.69) is 30.6 Å². The van der Waals surface area contributed by atoms with Crippen molar-refractivity contribution in [3.05, 3.63) is 57.0 Å². The molecule has 1 N–H and O–H groups in total. The van der Waals surface area contributed by atoms with E-state index in [4.69, 9.17) is 0 Å². The summed E-state index contributed by atoms with van der Waals surface area (Å²) in [5, 5.41) is 5.67. The molecule has 19 heavy (non-hydrogen) atoms. The maximum absolute atomic E-state index is 13.4. The summed E-state index contributed by atoms with van der Waals surface area (Å²) >= 11 is 1.75. The number of benzene rings is 1. The van der Waals surface area contributed by atoms with Crippen LogP contribution < -0.4 is 5.32 Å². The second kappa shape index (κ2) is 6.31. The molecule has 1 atom stereocenters. The minimum absolute atomic E-state index is 0.139. The van der Waals surface area contributed by atoms with E-state index in [-0.39, 0.29) is 11.9 Å². The Morgan fingerprint density at radius 3 is 2.63 bits per heavy atom. The molecule has 1 aromatic carbocycles. The molecule has 1 nitrogen and oxygen atoms in total. The highest BCUT2D eigenvalue weighted by molar-refractivity contribution is 7.10. The van der Waals surface area contributed by atoms with Crippen LogP contribution in [0.25, 0.3) is 0 Å². The van der Waals surface area contributed by atoms with Gasteiger partial charge in [-0.15, -0.1) is 11.3 Å². The Labute approximate surface area is 118 Å². The molecule has 2 aromatic rings. The van der Waals surface area contributed by atoms with Gasteiger partial charge in [0.05, 0.1) is 6.04 Å². The lowest BCUT2D eigenvalue weighted by molar-refractivity contribution is 0.590. The van der Waals surface area contributed by atoms with Crippen LogP contribution in [0.5, 0.6) is 0 Å². The Morgan fingerprint density at radius 1 is 1.26 bits per heavy atom. The second-order valence-corrected chi connectivity index (χ2v) is 5.95. The molecule has 1 aromatic heterocycles. The summed E-state index contributed by atoms with van der Waals surface area (Å²) in [7, 11) is 0. The highest BCUT2D eigenvalue weighted by atomic mass is 32.1. The molecular weight excluding hydrogens is 257 g/mol. The van der Waals surface area contributed by atoms with Gasteiger partial charge in [-0.1, -0.05) is 19.1 Å². The minimum atomic E-state index is -0.139. The predicted molar refractivity (Wildman–Crippen MR) is 80.3 cm³/mol. The van der Waals surface area contributed by atoms with Crippen molar-refractivity contribution < 1.29 is 4.39 Å². The fourth-order valence-corrected chi connectivity index (χ4v) is 2.98. The average molecular weight is 277 g/mol. The molecule has 0 spiro atoms. The number of thiophene rings is 1. The van der Waals surface area contributed by atoms with Crippen LogP contribution in [0.4, 0.5) is 4.39 Å². The second-order valence-electron chi connectivity index (χ2n) is 4.83. The average Bonchev–Trinajstić information content (AvgIpc) is 2.80. The Kier molecular flexibility index (Phi) is 4.72. The first-order valence-electron chi connectivity index (χ1n) is 6.67. The topological polar surface area (TPSA) is 12.0 Å².